The third-order valence-corrected chi connectivity index (χ3v) is 3.90. The van der Waals surface area contributed by atoms with Crippen LogP contribution in [-0.4, -0.2) is 24.1 Å². The SMILES string of the molecule is COCC(C)n1cc(C(=O)c2ccccc2)c2ccccc21. The minimum absolute atomic E-state index is 0.0557. The normalized spacial score (nSPS) is 12.5. The number of benzene rings is 2. The summed E-state index contributed by atoms with van der Waals surface area (Å²) in [6.45, 7) is 2.70. The number of carbonyl (C=O) groups is 1. The second kappa shape index (κ2) is 6.16. The molecule has 1 aromatic heterocycles. The maximum atomic E-state index is 12.8. The van der Waals surface area contributed by atoms with E-state index in [4.69, 9.17) is 4.74 Å². The van der Waals surface area contributed by atoms with Gasteiger partial charge < -0.3 is 9.30 Å². The molecule has 112 valence electrons. The maximum absolute atomic E-state index is 12.8. The van der Waals surface area contributed by atoms with E-state index in [0.717, 1.165) is 16.5 Å². The van der Waals surface area contributed by atoms with Crippen molar-refractivity contribution in [3.8, 4) is 0 Å². The minimum atomic E-state index is 0.0557. The summed E-state index contributed by atoms with van der Waals surface area (Å²) in [6, 6.07) is 17.6. The molecule has 3 nitrogen and oxygen atoms in total. The number of fused-ring (bicyclic) bond motifs is 1. The monoisotopic (exact) mass is 293 g/mol. The maximum Gasteiger partial charge on any atom is 0.195 e. The number of hydrogen-bond donors (Lipinski definition) is 0. The number of carbonyl (C=O) groups excluding carboxylic acids is 1. The summed E-state index contributed by atoms with van der Waals surface area (Å²) in [5.41, 5.74) is 2.51. The van der Waals surface area contributed by atoms with Crippen LogP contribution < -0.4 is 0 Å². The molecule has 0 saturated carbocycles. The van der Waals surface area contributed by atoms with Crippen LogP contribution in [0.3, 0.4) is 0 Å². The molecule has 3 rings (SSSR count). The first-order valence-electron chi connectivity index (χ1n) is 7.40. The first-order valence-corrected chi connectivity index (χ1v) is 7.40. The first-order chi connectivity index (χ1) is 10.7. The van der Waals surface area contributed by atoms with E-state index in [9.17, 15) is 4.79 Å². The average molecular weight is 293 g/mol. The number of nitrogens with zero attached hydrogens (tertiary/aromatic N) is 1. The van der Waals surface area contributed by atoms with Crippen molar-refractivity contribution >= 4 is 16.7 Å². The van der Waals surface area contributed by atoms with Crippen molar-refractivity contribution in [3.63, 3.8) is 0 Å². The van der Waals surface area contributed by atoms with E-state index in [1.54, 1.807) is 7.11 Å². The van der Waals surface area contributed by atoms with Gasteiger partial charge in [-0.1, -0.05) is 48.5 Å². The van der Waals surface area contributed by atoms with Gasteiger partial charge in [-0.25, -0.2) is 0 Å². The van der Waals surface area contributed by atoms with E-state index in [0.29, 0.717) is 12.2 Å². The smallest absolute Gasteiger partial charge is 0.195 e. The Morgan fingerprint density at radius 1 is 1.09 bits per heavy atom. The molecule has 3 aromatic rings. The van der Waals surface area contributed by atoms with Crippen molar-refractivity contribution < 1.29 is 9.53 Å². The van der Waals surface area contributed by atoms with Crippen LogP contribution in [0.15, 0.2) is 60.8 Å². The highest BCUT2D eigenvalue weighted by molar-refractivity contribution is 6.16. The molecule has 0 radical (unpaired) electrons. The zero-order valence-electron chi connectivity index (χ0n) is 12.8. The van der Waals surface area contributed by atoms with Gasteiger partial charge in [-0.15, -0.1) is 0 Å². The van der Waals surface area contributed by atoms with E-state index in [-0.39, 0.29) is 11.8 Å². The highest BCUT2D eigenvalue weighted by atomic mass is 16.5. The summed E-state index contributed by atoms with van der Waals surface area (Å²) in [5.74, 6) is 0.0557. The van der Waals surface area contributed by atoms with E-state index < -0.39 is 0 Å². The number of hydrogen-bond acceptors (Lipinski definition) is 2. The van der Waals surface area contributed by atoms with Crippen LogP contribution in [0.4, 0.5) is 0 Å². The molecule has 0 aliphatic rings. The molecule has 1 atom stereocenters. The Morgan fingerprint density at radius 2 is 1.77 bits per heavy atom. The summed E-state index contributed by atoms with van der Waals surface area (Å²) in [5, 5.41) is 0.985. The molecule has 0 aliphatic heterocycles. The quantitative estimate of drug-likeness (QED) is 0.664. The molecule has 0 spiro atoms. The van der Waals surface area contributed by atoms with Gasteiger partial charge in [0.05, 0.1) is 12.6 Å². The van der Waals surface area contributed by atoms with E-state index in [2.05, 4.69) is 11.5 Å². The third-order valence-electron chi connectivity index (χ3n) is 3.90. The Balaban J connectivity index is 2.12. The Bertz CT molecular complexity index is 790. The van der Waals surface area contributed by atoms with Gasteiger partial charge in [0, 0.05) is 35.3 Å². The summed E-state index contributed by atoms with van der Waals surface area (Å²) >= 11 is 0. The van der Waals surface area contributed by atoms with Crippen molar-refractivity contribution in [1.29, 1.82) is 0 Å². The highest BCUT2D eigenvalue weighted by Crippen LogP contribution is 2.26. The average Bonchev–Trinajstić information content (AvgIpc) is 2.95. The van der Waals surface area contributed by atoms with Gasteiger partial charge in [-0.2, -0.15) is 0 Å². The fourth-order valence-corrected chi connectivity index (χ4v) is 2.82. The van der Waals surface area contributed by atoms with Crippen LogP contribution in [0, 0.1) is 0 Å². The summed E-state index contributed by atoms with van der Waals surface area (Å²) in [4.78, 5) is 12.8. The molecule has 0 aliphatic carbocycles. The molecule has 0 amide bonds. The van der Waals surface area contributed by atoms with Gasteiger partial charge >= 0.3 is 0 Å². The van der Waals surface area contributed by atoms with Crippen LogP contribution in [0.1, 0.15) is 28.9 Å². The van der Waals surface area contributed by atoms with Gasteiger partial charge in [-0.05, 0) is 13.0 Å². The first kappa shape index (κ1) is 14.5. The van der Waals surface area contributed by atoms with Crippen molar-refractivity contribution in [2.24, 2.45) is 0 Å². The number of para-hydroxylation sites is 1. The predicted molar refractivity (Wildman–Crippen MR) is 88.4 cm³/mol. The minimum Gasteiger partial charge on any atom is -0.383 e. The standard InChI is InChI=1S/C19H19NO2/c1-14(13-22-2)20-12-17(16-10-6-7-11-18(16)20)19(21)15-8-4-3-5-9-15/h3-12,14H,13H2,1-2H3. The number of rotatable bonds is 5. The molecular formula is C19H19NO2. The Morgan fingerprint density at radius 3 is 2.50 bits per heavy atom. The van der Waals surface area contributed by atoms with Crippen molar-refractivity contribution in [2.45, 2.75) is 13.0 Å². The second-order valence-corrected chi connectivity index (χ2v) is 5.47. The van der Waals surface area contributed by atoms with E-state index in [1.165, 1.54) is 0 Å². The summed E-state index contributed by atoms with van der Waals surface area (Å²) < 4.78 is 7.38. The topological polar surface area (TPSA) is 31.2 Å². The lowest BCUT2D eigenvalue weighted by molar-refractivity contribution is 0.103. The molecule has 0 N–H and O–H groups in total. The van der Waals surface area contributed by atoms with Crippen LogP contribution >= 0.6 is 0 Å². The Labute approximate surface area is 130 Å². The van der Waals surface area contributed by atoms with Gasteiger partial charge in [0.15, 0.2) is 5.78 Å². The fourth-order valence-electron chi connectivity index (χ4n) is 2.82. The summed E-state index contributed by atoms with van der Waals surface area (Å²) in [7, 11) is 1.69. The second-order valence-electron chi connectivity index (χ2n) is 5.47. The number of ether oxygens (including phenoxy) is 1. The number of aromatic nitrogens is 1. The van der Waals surface area contributed by atoms with E-state index in [1.807, 2.05) is 60.8 Å². The van der Waals surface area contributed by atoms with Gasteiger partial charge in [-0.3, -0.25) is 4.79 Å². The molecule has 0 fully saturated rings. The van der Waals surface area contributed by atoms with Crippen LogP contribution in [0.2, 0.25) is 0 Å². The number of methoxy groups -OCH3 is 1. The van der Waals surface area contributed by atoms with Crippen LogP contribution in [0.5, 0.6) is 0 Å². The summed E-state index contributed by atoms with van der Waals surface area (Å²) in [6.07, 6.45) is 1.95. The van der Waals surface area contributed by atoms with Gasteiger partial charge in [0.2, 0.25) is 0 Å². The third kappa shape index (κ3) is 2.55. The zero-order valence-corrected chi connectivity index (χ0v) is 12.8. The zero-order chi connectivity index (χ0) is 15.5. The largest absolute Gasteiger partial charge is 0.383 e. The van der Waals surface area contributed by atoms with Crippen LogP contribution in [0.25, 0.3) is 10.9 Å². The Kier molecular flexibility index (Phi) is 4.07. The molecule has 3 heteroatoms. The molecule has 1 unspecified atom stereocenters. The van der Waals surface area contributed by atoms with Crippen molar-refractivity contribution in [2.75, 3.05) is 13.7 Å². The Hall–Kier alpha value is -2.39. The van der Waals surface area contributed by atoms with Crippen LogP contribution in [-0.2, 0) is 4.74 Å². The van der Waals surface area contributed by atoms with Gasteiger partial charge in [0.25, 0.3) is 0 Å². The molecule has 2 aromatic carbocycles. The molecule has 22 heavy (non-hydrogen) atoms. The fraction of sp³-hybridized carbons (Fsp3) is 0.211. The molecule has 0 bridgehead atoms. The number of ketones is 1. The lowest BCUT2D eigenvalue weighted by Gasteiger charge is -2.13. The lowest BCUT2D eigenvalue weighted by atomic mass is 10.0. The molecule has 1 heterocycles. The molecular weight excluding hydrogens is 274 g/mol. The predicted octanol–water partition coefficient (Wildman–Crippen LogP) is 4.08. The van der Waals surface area contributed by atoms with Gasteiger partial charge in [0.1, 0.15) is 0 Å². The molecule has 0 saturated heterocycles. The van der Waals surface area contributed by atoms with E-state index >= 15 is 0 Å². The highest BCUT2D eigenvalue weighted by Gasteiger charge is 2.18. The van der Waals surface area contributed by atoms with Crippen molar-refractivity contribution in [3.05, 3.63) is 71.9 Å². The lowest BCUT2D eigenvalue weighted by Crippen LogP contribution is -2.10. The van der Waals surface area contributed by atoms with Crippen molar-refractivity contribution in [1.82, 2.24) is 4.57 Å².